The summed E-state index contributed by atoms with van der Waals surface area (Å²) in [6.45, 7) is 0.0628. The standard InChI is InChI=1S/C9H8ClFN4OS/c10-5-2-1-3-7(8(5)11)16-4-6-9(13-12)17-15-14-6/h1-3,13H,4,12H2. The van der Waals surface area contributed by atoms with Gasteiger partial charge in [-0.05, 0) is 12.1 Å². The van der Waals surface area contributed by atoms with Gasteiger partial charge in [-0.1, -0.05) is 22.2 Å². The lowest BCUT2D eigenvalue weighted by atomic mass is 10.3. The highest BCUT2D eigenvalue weighted by Gasteiger charge is 2.11. The van der Waals surface area contributed by atoms with Crippen molar-refractivity contribution >= 4 is 28.1 Å². The Balaban J connectivity index is 2.10. The Morgan fingerprint density at radius 2 is 2.35 bits per heavy atom. The van der Waals surface area contributed by atoms with Gasteiger partial charge in [-0.3, -0.25) is 0 Å². The van der Waals surface area contributed by atoms with E-state index in [0.29, 0.717) is 10.7 Å². The lowest BCUT2D eigenvalue weighted by Gasteiger charge is -2.06. The van der Waals surface area contributed by atoms with Crippen LogP contribution in [0, 0.1) is 5.82 Å². The van der Waals surface area contributed by atoms with Gasteiger partial charge in [-0.15, -0.1) is 5.10 Å². The Morgan fingerprint density at radius 3 is 3.12 bits per heavy atom. The molecular weight excluding hydrogens is 267 g/mol. The molecule has 0 saturated heterocycles. The van der Waals surface area contributed by atoms with Crippen molar-refractivity contribution < 1.29 is 9.13 Å². The van der Waals surface area contributed by atoms with E-state index in [9.17, 15) is 4.39 Å². The molecule has 2 rings (SSSR count). The molecule has 0 aliphatic heterocycles. The van der Waals surface area contributed by atoms with Crippen LogP contribution in [0.5, 0.6) is 5.75 Å². The molecule has 90 valence electrons. The molecule has 0 aliphatic rings. The van der Waals surface area contributed by atoms with Crippen molar-refractivity contribution in [2.45, 2.75) is 6.61 Å². The zero-order valence-electron chi connectivity index (χ0n) is 8.48. The monoisotopic (exact) mass is 274 g/mol. The highest BCUT2D eigenvalue weighted by molar-refractivity contribution is 7.10. The zero-order chi connectivity index (χ0) is 12.3. The third-order valence-electron chi connectivity index (χ3n) is 1.97. The van der Waals surface area contributed by atoms with Crippen LogP contribution in [-0.4, -0.2) is 9.59 Å². The van der Waals surface area contributed by atoms with Gasteiger partial charge >= 0.3 is 0 Å². The van der Waals surface area contributed by atoms with Crippen molar-refractivity contribution in [2.75, 3.05) is 5.43 Å². The fourth-order valence-corrected chi connectivity index (χ4v) is 1.80. The number of hydrogen-bond acceptors (Lipinski definition) is 6. The molecule has 0 amide bonds. The second-order valence-corrected chi connectivity index (χ2v) is 4.20. The van der Waals surface area contributed by atoms with E-state index in [1.165, 1.54) is 12.1 Å². The first kappa shape index (κ1) is 12.0. The van der Waals surface area contributed by atoms with Crippen LogP contribution in [-0.2, 0) is 6.61 Å². The number of nitrogens with zero attached hydrogens (tertiary/aromatic N) is 2. The Hall–Kier alpha value is -1.44. The summed E-state index contributed by atoms with van der Waals surface area (Å²) in [5.74, 6) is 4.71. The van der Waals surface area contributed by atoms with Crippen molar-refractivity contribution in [2.24, 2.45) is 5.84 Å². The first-order valence-corrected chi connectivity index (χ1v) is 5.72. The van der Waals surface area contributed by atoms with Gasteiger partial charge in [0.25, 0.3) is 0 Å². The minimum atomic E-state index is -0.598. The summed E-state index contributed by atoms with van der Waals surface area (Å²) in [4.78, 5) is 0. The number of rotatable bonds is 4. The number of nitrogen functional groups attached to an aromatic ring is 1. The molecule has 0 fully saturated rings. The molecule has 1 aromatic carbocycles. The summed E-state index contributed by atoms with van der Waals surface area (Å²) in [6, 6.07) is 4.53. The van der Waals surface area contributed by atoms with Crippen LogP contribution in [0.15, 0.2) is 18.2 Å². The van der Waals surface area contributed by atoms with Gasteiger partial charge < -0.3 is 10.2 Å². The van der Waals surface area contributed by atoms with E-state index in [1.54, 1.807) is 6.07 Å². The fourth-order valence-electron chi connectivity index (χ4n) is 1.15. The van der Waals surface area contributed by atoms with Crippen molar-refractivity contribution in [1.82, 2.24) is 9.59 Å². The number of nitrogens with two attached hydrogens (primary N) is 1. The molecule has 17 heavy (non-hydrogen) atoms. The van der Waals surface area contributed by atoms with Crippen LogP contribution in [0.25, 0.3) is 0 Å². The Bertz CT molecular complexity index is 521. The van der Waals surface area contributed by atoms with Gasteiger partial charge in [0.1, 0.15) is 12.3 Å². The summed E-state index contributed by atoms with van der Waals surface area (Å²) >= 11 is 6.71. The van der Waals surface area contributed by atoms with Gasteiger partial charge in [0.15, 0.2) is 16.6 Å². The van der Waals surface area contributed by atoms with E-state index < -0.39 is 5.82 Å². The van der Waals surface area contributed by atoms with Crippen LogP contribution < -0.4 is 16.0 Å². The third kappa shape index (κ3) is 2.63. The Morgan fingerprint density at radius 1 is 1.53 bits per heavy atom. The summed E-state index contributed by atoms with van der Waals surface area (Å²) in [7, 11) is 0. The van der Waals surface area contributed by atoms with Gasteiger partial charge in [0, 0.05) is 11.5 Å². The molecule has 0 spiro atoms. The quantitative estimate of drug-likeness (QED) is 0.660. The van der Waals surface area contributed by atoms with E-state index in [-0.39, 0.29) is 17.4 Å². The number of nitrogens with one attached hydrogen (secondary N) is 1. The van der Waals surface area contributed by atoms with Crippen LogP contribution in [0.4, 0.5) is 9.39 Å². The SMILES string of the molecule is NNc1snnc1COc1cccc(Cl)c1F. The second kappa shape index (κ2) is 5.26. The Kier molecular flexibility index (Phi) is 3.72. The molecule has 2 aromatic rings. The number of benzene rings is 1. The summed E-state index contributed by atoms with van der Waals surface area (Å²) in [6.07, 6.45) is 0. The van der Waals surface area contributed by atoms with Gasteiger partial charge in [0.05, 0.1) is 5.02 Å². The van der Waals surface area contributed by atoms with Crippen molar-refractivity contribution in [1.29, 1.82) is 0 Å². The maximum atomic E-state index is 13.5. The van der Waals surface area contributed by atoms with E-state index in [4.69, 9.17) is 22.2 Å². The molecule has 0 unspecified atom stereocenters. The maximum absolute atomic E-state index is 13.5. The molecule has 1 heterocycles. The van der Waals surface area contributed by atoms with Crippen molar-refractivity contribution in [3.8, 4) is 5.75 Å². The first-order chi connectivity index (χ1) is 8.22. The third-order valence-corrected chi connectivity index (χ3v) is 2.96. The van der Waals surface area contributed by atoms with Gasteiger partial charge in [-0.2, -0.15) is 0 Å². The molecule has 1 aromatic heterocycles. The van der Waals surface area contributed by atoms with E-state index in [0.717, 1.165) is 11.5 Å². The average molecular weight is 275 g/mol. The smallest absolute Gasteiger partial charge is 0.183 e. The predicted octanol–water partition coefficient (Wildman–Crippen LogP) is 2.20. The van der Waals surface area contributed by atoms with Gasteiger partial charge in [-0.25, -0.2) is 10.2 Å². The van der Waals surface area contributed by atoms with Crippen LogP contribution >= 0.6 is 23.1 Å². The summed E-state index contributed by atoms with van der Waals surface area (Å²) < 4.78 is 22.4. The van der Waals surface area contributed by atoms with E-state index in [2.05, 4.69) is 15.0 Å². The number of anilines is 1. The maximum Gasteiger partial charge on any atom is 0.183 e. The topological polar surface area (TPSA) is 73.1 Å². The van der Waals surface area contributed by atoms with Crippen LogP contribution in [0.3, 0.4) is 0 Å². The minimum absolute atomic E-state index is 0.0103. The number of ether oxygens (including phenoxy) is 1. The molecule has 0 saturated carbocycles. The van der Waals surface area contributed by atoms with Crippen LogP contribution in [0.2, 0.25) is 5.02 Å². The fraction of sp³-hybridized carbons (Fsp3) is 0.111. The lowest BCUT2D eigenvalue weighted by molar-refractivity contribution is 0.286. The van der Waals surface area contributed by atoms with Crippen molar-refractivity contribution in [3.63, 3.8) is 0 Å². The molecule has 0 radical (unpaired) electrons. The predicted molar refractivity (Wildman–Crippen MR) is 63.5 cm³/mol. The molecule has 0 atom stereocenters. The van der Waals surface area contributed by atoms with E-state index in [1.807, 2.05) is 0 Å². The molecule has 0 aliphatic carbocycles. The molecular formula is C9H8ClFN4OS. The minimum Gasteiger partial charge on any atom is -0.484 e. The molecule has 5 nitrogen and oxygen atoms in total. The Labute approximate surface area is 105 Å². The second-order valence-electron chi connectivity index (χ2n) is 3.03. The highest BCUT2D eigenvalue weighted by atomic mass is 35.5. The molecule has 8 heteroatoms. The summed E-state index contributed by atoms with van der Waals surface area (Å²) in [5, 5.41) is 4.39. The van der Waals surface area contributed by atoms with E-state index >= 15 is 0 Å². The number of hydrazine groups is 1. The first-order valence-electron chi connectivity index (χ1n) is 4.57. The number of halogens is 2. The molecule has 3 N–H and O–H groups in total. The number of hydrogen-bond donors (Lipinski definition) is 2. The van der Waals surface area contributed by atoms with Gasteiger partial charge in [0.2, 0.25) is 0 Å². The lowest BCUT2D eigenvalue weighted by Crippen LogP contribution is -2.08. The largest absolute Gasteiger partial charge is 0.484 e. The number of aromatic nitrogens is 2. The average Bonchev–Trinajstić information content (AvgIpc) is 2.78. The highest BCUT2D eigenvalue weighted by Crippen LogP contribution is 2.25. The van der Waals surface area contributed by atoms with Crippen molar-refractivity contribution in [3.05, 3.63) is 34.7 Å². The zero-order valence-corrected chi connectivity index (χ0v) is 10.1. The summed E-state index contributed by atoms with van der Waals surface area (Å²) in [5.41, 5.74) is 2.94. The van der Waals surface area contributed by atoms with Crippen LogP contribution in [0.1, 0.15) is 5.69 Å². The molecule has 0 bridgehead atoms. The normalized spacial score (nSPS) is 10.3.